The zero-order chi connectivity index (χ0) is 24.5. The van der Waals surface area contributed by atoms with Crippen LogP contribution in [-0.4, -0.2) is 34.4 Å². The van der Waals surface area contributed by atoms with Gasteiger partial charge in [0.1, 0.15) is 6.10 Å². The van der Waals surface area contributed by atoms with Gasteiger partial charge in [-0.2, -0.15) is 0 Å². The largest absolute Gasteiger partial charge is 0.481 e. The van der Waals surface area contributed by atoms with Crippen LogP contribution in [0.1, 0.15) is 111 Å². The Labute approximate surface area is 205 Å². The second-order valence-electron chi connectivity index (χ2n) is 12.3. The van der Waals surface area contributed by atoms with E-state index in [2.05, 4.69) is 19.9 Å². The normalized spacial score (nSPS) is 39.9. The van der Waals surface area contributed by atoms with Crippen molar-refractivity contribution in [3.8, 4) is 0 Å². The van der Waals surface area contributed by atoms with Gasteiger partial charge in [-0.05, 0) is 112 Å². The van der Waals surface area contributed by atoms with Crippen molar-refractivity contribution < 1.29 is 24.5 Å². The summed E-state index contributed by atoms with van der Waals surface area (Å²) in [5.74, 6) is 1.81. The number of rotatable bonds is 9. The molecule has 0 heterocycles. The molecule has 0 aromatic heterocycles. The molecule has 34 heavy (non-hydrogen) atoms. The van der Waals surface area contributed by atoms with Crippen molar-refractivity contribution >= 4 is 11.9 Å². The minimum Gasteiger partial charge on any atom is -0.481 e. The van der Waals surface area contributed by atoms with Gasteiger partial charge >= 0.3 is 11.9 Å². The van der Waals surface area contributed by atoms with E-state index < -0.39 is 5.97 Å². The number of aliphatic hydroxyl groups is 1. The lowest BCUT2D eigenvalue weighted by Gasteiger charge is -2.58. The molecule has 3 saturated carbocycles. The van der Waals surface area contributed by atoms with Crippen LogP contribution in [0.3, 0.4) is 0 Å². The Balaban J connectivity index is 1.32. The van der Waals surface area contributed by atoms with E-state index in [4.69, 9.17) is 9.84 Å². The van der Waals surface area contributed by atoms with Gasteiger partial charge in [0.2, 0.25) is 0 Å². The van der Waals surface area contributed by atoms with Crippen LogP contribution in [0.4, 0.5) is 0 Å². The number of hydrogen-bond acceptors (Lipinski definition) is 4. The summed E-state index contributed by atoms with van der Waals surface area (Å²) in [5, 5.41) is 19.0. The first-order valence-electron chi connectivity index (χ1n) is 14.0. The zero-order valence-electron chi connectivity index (χ0n) is 21.6. The van der Waals surface area contributed by atoms with Gasteiger partial charge < -0.3 is 14.9 Å². The predicted molar refractivity (Wildman–Crippen MR) is 132 cm³/mol. The Kier molecular flexibility index (Phi) is 7.81. The van der Waals surface area contributed by atoms with Crippen molar-refractivity contribution in [3.05, 3.63) is 11.6 Å². The average molecular weight is 475 g/mol. The van der Waals surface area contributed by atoms with Gasteiger partial charge in [-0.25, -0.2) is 0 Å². The number of hydrogen-bond donors (Lipinski definition) is 2. The first-order chi connectivity index (χ1) is 16.2. The fourth-order valence-electron chi connectivity index (χ4n) is 8.62. The lowest BCUT2D eigenvalue weighted by Crippen LogP contribution is -2.50. The highest BCUT2D eigenvalue weighted by molar-refractivity contribution is 5.76. The van der Waals surface area contributed by atoms with Gasteiger partial charge in [-0.15, -0.1) is 0 Å². The quantitative estimate of drug-likeness (QED) is 0.303. The topological polar surface area (TPSA) is 83.8 Å². The number of carboxylic acid groups (broad SMARTS) is 1. The summed E-state index contributed by atoms with van der Waals surface area (Å²) in [5.41, 5.74) is 2.28. The molecule has 5 nitrogen and oxygen atoms in total. The molecule has 4 aliphatic carbocycles. The average Bonchev–Trinajstić information content (AvgIpc) is 3.13. The fraction of sp³-hybridized carbons (Fsp3) is 0.862. The molecule has 0 spiro atoms. The van der Waals surface area contributed by atoms with Gasteiger partial charge in [0.05, 0.1) is 18.9 Å². The molecule has 0 radical (unpaired) electrons. The molecule has 5 heteroatoms. The maximum atomic E-state index is 11.9. The van der Waals surface area contributed by atoms with Crippen LogP contribution >= 0.6 is 0 Å². The molecule has 4 rings (SSSR count). The van der Waals surface area contributed by atoms with Crippen molar-refractivity contribution in [1.82, 2.24) is 0 Å². The van der Waals surface area contributed by atoms with E-state index in [1.807, 2.05) is 6.92 Å². The maximum absolute atomic E-state index is 11.9. The monoisotopic (exact) mass is 474 g/mol. The third-order valence-electron chi connectivity index (χ3n) is 10.6. The van der Waals surface area contributed by atoms with E-state index in [-0.39, 0.29) is 31.0 Å². The van der Waals surface area contributed by atoms with Crippen LogP contribution in [-0.2, 0) is 14.3 Å². The fourth-order valence-corrected chi connectivity index (χ4v) is 8.62. The summed E-state index contributed by atoms with van der Waals surface area (Å²) in [6.45, 7) is 7.11. The van der Waals surface area contributed by atoms with Crippen molar-refractivity contribution in [2.24, 2.45) is 34.5 Å². The molecule has 0 aliphatic heterocycles. The predicted octanol–water partition coefficient (Wildman–Crippen LogP) is 6.28. The first-order valence-corrected chi connectivity index (χ1v) is 14.0. The Morgan fingerprint density at radius 1 is 1.12 bits per heavy atom. The van der Waals surface area contributed by atoms with Crippen LogP contribution in [0.5, 0.6) is 0 Å². The number of carbonyl (C=O) groups is 2. The first kappa shape index (κ1) is 25.7. The summed E-state index contributed by atoms with van der Waals surface area (Å²) in [7, 11) is 0. The van der Waals surface area contributed by atoms with Gasteiger partial charge in [-0.1, -0.05) is 32.4 Å². The summed E-state index contributed by atoms with van der Waals surface area (Å²) < 4.78 is 5.56. The summed E-state index contributed by atoms with van der Waals surface area (Å²) in [4.78, 5) is 22.6. The number of aliphatic hydroxyl groups excluding tert-OH is 1. The Bertz CT molecular complexity index is 789. The molecule has 0 saturated heterocycles. The molecule has 192 valence electrons. The van der Waals surface area contributed by atoms with Crippen molar-refractivity contribution in [3.63, 3.8) is 0 Å². The van der Waals surface area contributed by atoms with E-state index in [1.54, 1.807) is 5.57 Å². The van der Waals surface area contributed by atoms with Crippen LogP contribution in [0.25, 0.3) is 0 Å². The standard InChI is InChI=1S/C29H46O5/c1-4-22(34-27(33)13-12-26(31)32)7-5-6-19-9-11-24-23-10-8-20-18-21(30)14-16-29(20,3)25(23)15-17-28(19,24)2/h8,19,21-25,30H,4-7,9-18H2,1-3H3,(H,31,32). The van der Waals surface area contributed by atoms with E-state index in [1.165, 1.54) is 38.5 Å². The Morgan fingerprint density at radius 2 is 1.91 bits per heavy atom. The number of carboxylic acids is 1. The summed E-state index contributed by atoms with van der Waals surface area (Å²) in [6, 6.07) is 0. The van der Waals surface area contributed by atoms with E-state index in [0.29, 0.717) is 10.8 Å². The third kappa shape index (κ3) is 4.96. The number of carbonyl (C=O) groups excluding carboxylic acids is 1. The molecule has 8 atom stereocenters. The molecule has 4 aliphatic rings. The van der Waals surface area contributed by atoms with E-state index >= 15 is 0 Å². The van der Waals surface area contributed by atoms with E-state index in [0.717, 1.165) is 62.2 Å². The number of fused-ring (bicyclic) bond motifs is 5. The van der Waals surface area contributed by atoms with Gasteiger partial charge in [0.25, 0.3) is 0 Å². The smallest absolute Gasteiger partial charge is 0.306 e. The van der Waals surface area contributed by atoms with Gasteiger partial charge in [-0.3, -0.25) is 9.59 Å². The van der Waals surface area contributed by atoms with Crippen LogP contribution in [0, 0.1) is 34.5 Å². The summed E-state index contributed by atoms with van der Waals surface area (Å²) in [6.07, 6.45) is 15.6. The van der Waals surface area contributed by atoms with Crippen LogP contribution in [0.2, 0.25) is 0 Å². The van der Waals surface area contributed by atoms with Crippen molar-refractivity contribution in [1.29, 1.82) is 0 Å². The molecule has 8 unspecified atom stereocenters. The van der Waals surface area contributed by atoms with Crippen molar-refractivity contribution in [2.75, 3.05) is 0 Å². The molecule has 2 N–H and O–H groups in total. The maximum Gasteiger partial charge on any atom is 0.306 e. The van der Waals surface area contributed by atoms with Crippen LogP contribution < -0.4 is 0 Å². The SMILES string of the molecule is CCC(CCCC1CCC2C3CC=C4CC(O)CCC4(C)C3CCC12C)OC(=O)CCC(=O)O. The number of aliphatic carboxylic acids is 1. The Hall–Kier alpha value is -1.36. The number of ether oxygens (including phenoxy) is 1. The molecular weight excluding hydrogens is 428 g/mol. The zero-order valence-corrected chi connectivity index (χ0v) is 21.6. The number of allylic oxidation sites excluding steroid dienone is 1. The molecule has 0 aromatic carbocycles. The minimum atomic E-state index is -0.955. The minimum absolute atomic E-state index is 0.0369. The summed E-state index contributed by atoms with van der Waals surface area (Å²) >= 11 is 0. The Morgan fingerprint density at radius 3 is 2.65 bits per heavy atom. The van der Waals surface area contributed by atoms with Gasteiger partial charge in [0.15, 0.2) is 0 Å². The number of esters is 1. The van der Waals surface area contributed by atoms with Gasteiger partial charge in [0, 0.05) is 0 Å². The molecular formula is C29H46O5. The molecule has 0 bridgehead atoms. The highest BCUT2D eigenvalue weighted by Gasteiger charge is 2.58. The highest BCUT2D eigenvalue weighted by Crippen LogP contribution is 2.66. The van der Waals surface area contributed by atoms with E-state index in [9.17, 15) is 14.7 Å². The van der Waals surface area contributed by atoms with Crippen molar-refractivity contribution in [2.45, 2.75) is 123 Å². The second kappa shape index (κ2) is 10.3. The lowest BCUT2D eigenvalue weighted by molar-refractivity contribution is -0.152. The lowest BCUT2D eigenvalue weighted by atomic mass is 9.47. The molecule has 3 fully saturated rings. The van der Waals surface area contributed by atoms with Crippen LogP contribution in [0.15, 0.2) is 11.6 Å². The second-order valence-corrected chi connectivity index (χ2v) is 12.3. The third-order valence-corrected chi connectivity index (χ3v) is 10.6. The highest BCUT2D eigenvalue weighted by atomic mass is 16.5. The molecule has 0 aromatic rings. The molecule has 0 amide bonds.